The molecule has 0 saturated heterocycles. The summed E-state index contributed by atoms with van der Waals surface area (Å²) in [6.07, 6.45) is 0. The molecule has 2 nitrogen and oxygen atoms in total. The summed E-state index contributed by atoms with van der Waals surface area (Å²) in [4.78, 5) is 11.8. The van der Waals surface area contributed by atoms with E-state index in [0.717, 1.165) is 23.8 Å². The number of ketones is 1. The monoisotopic (exact) mass is 262 g/mol. The molecular formula is C15H12F2O2. The molecule has 0 spiro atoms. The fourth-order valence-electron chi connectivity index (χ4n) is 1.66. The lowest BCUT2D eigenvalue weighted by atomic mass is 10.1. The average molecular weight is 262 g/mol. The van der Waals surface area contributed by atoms with Gasteiger partial charge in [-0.2, -0.15) is 0 Å². The predicted octanol–water partition coefficient (Wildman–Crippen LogP) is 3.53. The van der Waals surface area contributed by atoms with Gasteiger partial charge in [0.2, 0.25) is 0 Å². The van der Waals surface area contributed by atoms with Gasteiger partial charge >= 0.3 is 0 Å². The van der Waals surface area contributed by atoms with Gasteiger partial charge < -0.3 is 4.74 Å². The lowest BCUT2D eigenvalue weighted by Crippen LogP contribution is -2.11. The summed E-state index contributed by atoms with van der Waals surface area (Å²) in [5.74, 6) is -1.72. The molecule has 0 atom stereocenters. The standard InChI is InChI=1S/C15H12F2O2/c1-10-3-2-4-11(5-10)15(18)9-19-14-7-12(16)6-13(17)8-14/h2-8H,9H2,1H3. The van der Waals surface area contributed by atoms with Crippen LogP contribution in [-0.4, -0.2) is 12.4 Å². The third-order valence-electron chi connectivity index (χ3n) is 2.55. The third-order valence-corrected chi connectivity index (χ3v) is 2.55. The average Bonchev–Trinajstić information content (AvgIpc) is 2.35. The van der Waals surface area contributed by atoms with Crippen molar-refractivity contribution in [2.24, 2.45) is 0 Å². The molecule has 2 rings (SSSR count). The predicted molar refractivity (Wildman–Crippen MR) is 67.4 cm³/mol. The summed E-state index contributed by atoms with van der Waals surface area (Å²) in [6.45, 7) is 1.62. The van der Waals surface area contributed by atoms with E-state index in [1.807, 2.05) is 13.0 Å². The number of benzene rings is 2. The molecule has 0 unspecified atom stereocenters. The number of ether oxygens (including phenoxy) is 1. The van der Waals surface area contributed by atoms with Crippen molar-refractivity contribution in [2.45, 2.75) is 6.92 Å². The van der Waals surface area contributed by atoms with Crippen LogP contribution in [0.25, 0.3) is 0 Å². The van der Waals surface area contributed by atoms with Crippen LogP contribution in [0.1, 0.15) is 15.9 Å². The van der Waals surface area contributed by atoms with Crippen LogP contribution in [0.5, 0.6) is 5.75 Å². The highest BCUT2D eigenvalue weighted by Crippen LogP contribution is 2.15. The lowest BCUT2D eigenvalue weighted by molar-refractivity contribution is 0.0921. The molecule has 2 aromatic carbocycles. The summed E-state index contributed by atoms with van der Waals surface area (Å²) in [7, 11) is 0. The molecule has 0 fully saturated rings. The van der Waals surface area contributed by atoms with Crippen molar-refractivity contribution in [3.63, 3.8) is 0 Å². The van der Waals surface area contributed by atoms with Gasteiger partial charge in [0.15, 0.2) is 12.4 Å². The number of rotatable bonds is 4. The van der Waals surface area contributed by atoms with Gasteiger partial charge in [0.1, 0.15) is 17.4 Å². The van der Waals surface area contributed by atoms with E-state index >= 15 is 0 Å². The molecule has 0 aromatic heterocycles. The second-order valence-electron chi connectivity index (χ2n) is 4.19. The van der Waals surface area contributed by atoms with E-state index in [1.54, 1.807) is 18.2 Å². The number of aryl methyl sites for hydroxylation is 1. The minimum Gasteiger partial charge on any atom is -0.485 e. The molecule has 98 valence electrons. The summed E-state index contributed by atoms with van der Waals surface area (Å²) in [5.41, 5.74) is 1.47. The number of hydrogen-bond donors (Lipinski definition) is 0. The van der Waals surface area contributed by atoms with E-state index in [2.05, 4.69) is 0 Å². The minimum atomic E-state index is -0.738. The van der Waals surface area contributed by atoms with Gasteiger partial charge in [-0.05, 0) is 13.0 Å². The molecule has 2 aromatic rings. The number of hydrogen-bond acceptors (Lipinski definition) is 2. The van der Waals surface area contributed by atoms with E-state index < -0.39 is 11.6 Å². The summed E-state index contributed by atoms with van der Waals surface area (Å²) < 4.78 is 30.9. The smallest absolute Gasteiger partial charge is 0.200 e. The SMILES string of the molecule is Cc1cccc(C(=O)COc2cc(F)cc(F)c2)c1. The fourth-order valence-corrected chi connectivity index (χ4v) is 1.66. The number of carbonyl (C=O) groups is 1. The Kier molecular flexibility index (Phi) is 3.90. The van der Waals surface area contributed by atoms with Crippen LogP contribution in [-0.2, 0) is 0 Å². The zero-order valence-electron chi connectivity index (χ0n) is 10.3. The fraction of sp³-hybridized carbons (Fsp3) is 0.133. The van der Waals surface area contributed by atoms with Crippen molar-refractivity contribution >= 4 is 5.78 Å². The van der Waals surface area contributed by atoms with E-state index in [4.69, 9.17) is 4.74 Å². The Balaban J connectivity index is 2.04. The van der Waals surface area contributed by atoms with Gasteiger partial charge in [-0.3, -0.25) is 4.79 Å². The van der Waals surface area contributed by atoms with Crippen molar-refractivity contribution in [3.05, 3.63) is 65.2 Å². The largest absolute Gasteiger partial charge is 0.485 e. The van der Waals surface area contributed by atoms with Gasteiger partial charge in [-0.15, -0.1) is 0 Å². The molecular weight excluding hydrogens is 250 g/mol. The van der Waals surface area contributed by atoms with Crippen LogP contribution < -0.4 is 4.74 Å². The van der Waals surface area contributed by atoms with Crippen LogP contribution in [0.2, 0.25) is 0 Å². The maximum atomic E-state index is 12.9. The Hall–Kier alpha value is -2.23. The van der Waals surface area contributed by atoms with Crippen LogP contribution in [0.15, 0.2) is 42.5 Å². The van der Waals surface area contributed by atoms with E-state index in [9.17, 15) is 13.6 Å². The normalized spacial score (nSPS) is 10.3. The number of Topliss-reactive ketones (excluding diaryl/α,β-unsaturated/α-hetero) is 1. The molecule has 0 aliphatic carbocycles. The second kappa shape index (κ2) is 5.61. The highest BCUT2D eigenvalue weighted by Gasteiger charge is 2.08. The molecule has 0 aliphatic heterocycles. The van der Waals surface area contributed by atoms with Gasteiger partial charge in [0.05, 0.1) is 0 Å². The molecule has 0 amide bonds. The Morgan fingerprint density at radius 3 is 2.42 bits per heavy atom. The molecule has 0 radical (unpaired) electrons. The first-order chi connectivity index (χ1) is 9.04. The van der Waals surface area contributed by atoms with Crippen LogP contribution in [0.3, 0.4) is 0 Å². The molecule has 0 heterocycles. The lowest BCUT2D eigenvalue weighted by Gasteiger charge is -2.06. The number of halogens is 2. The highest BCUT2D eigenvalue weighted by atomic mass is 19.1. The van der Waals surface area contributed by atoms with Crippen LogP contribution >= 0.6 is 0 Å². The van der Waals surface area contributed by atoms with Gasteiger partial charge in [0.25, 0.3) is 0 Å². The van der Waals surface area contributed by atoms with Crippen molar-refractivity contribution in [2.75, 3.05) is 6.61 Å². The van der Waals surface area contributed by atoms with Gasteiger partial charge in [0, 0.05) is 23.8 Å². The quantitative estimate of drug-likeness (QED) is 0.788. The zero-order valence-corrected chi connectivity index (χ0v) is 10.3. The molecule has 0 saturated carbocycles. The first-order valence-corrected chi connectivity index (χ1v) is 5.73. The zero-order chi connectivity index (χ0) is 13.8. The molecule has 0 bridgehead atoms. The molecule has 19 heavy (non-hydrogen) atoms. The van der Waals surface area contributed by atoms with Crippen LogP contribution in [0.4, 0.5) is 8.78 Å². The number of carbonyl (C=O) groups excluding carboxylic acids is 1. The summed E-state index contributed by atoms with van der Waals surface area (Å²) in [5, 5.41) is 0. The van der Waals surface area contributed by atoms with Crippen molar-refractivity contribution in [1.29, 1.82) is 0 Å². The summed E-state index contributed by atoms with van der Waals surface area (Å²) >= 11 is 0. The Morgan fingerprint density at radius 2 is 1.79 bits per heavy atom. The molecule has 4 heteroatoms. The molecule has 0 N–H and O–H groups in total. The maximum Gasteiger partial charge on any atom is 0.200 e. The van der Waals surface area contributed by atoms with Crippen molar-refractivity contribution in [1.82, 2.24) is 0 Å². The highest BCUT2D eigenvalue weighted by molar-refractivity contribution is 5.97. The third kappa shape index (κ3) is 3.61. The second-order valence-corrected chi connectivity index (χ2v) is 4.19. The minimum absolute atomic E-state index is 0.00139. The van der Waals surface area contributed by atoms with E-state index in [1.165, 1.54) is 0 Å². The first kappa shape index (κ1) is 13.2. The van der Waals surface area contributed by atoms with E-state index in [-0.39, 0.29) is 18.1 Å². The first-order valence-electron chi connectivity index (χ1n) is 5.73. The van der Waals surface area contributed by atoms with Crippen molar-refractivity contribution < 1.29 is 18.3 Å². The Labute approximate surface area is 109 Å². The van der Waals surface area contributed by atoms with Crippen molar-refractivity contribution in [3.8, 4) is 5.75 Å². The Bertz CT molecular complexity index is 589. The summed E-state index contributed by atoms with van der Waals surface area (Å²) in [6, 6.07) is 9.86. The van der Waals surface area contributed by atoms with Gasteiger partial charge in [-0.25, -0.2) is 8.78 Å². The van der Waals surface area contributed by atoms with Crippen LogP contribution in [0, 0.1) is 18.6 Å². The molecule has 0 aliphatic rings. The Morgan fingerprint density at radius 1 is 1.11 bits per heavy atom. The maximum absolute atomic E-state index is 12.9. The topological polar surface area (TPSA) is 26.3 Å². The van der Waals surface area contributed by atoms with E-state index in [0.29, 0.717) is 5.56 Å². The van der Waals surface area contributed by atoms with Gasteiger partial charge in [-0.1, -0.05) is 23.8 Å².